The van der Waals surface area contributed by atoms with Crippen molar-refractivity contribution in [2.24, 2.45) is 0 Å². The summed E-state index contributed by atoms with van der Waals surface area (Å²) in [7, 11) is -3.34. The van der Waals surface area contributed by atoms with Crippen molar-refractivity contribution in [1.82, 2.24) is 14.6 Å². The number of nitrogens with zero attached hydrogens (tertiary/aromatic N) is 2. The molecule has 3 rings (SSSR count). The summed E-state index contributed by atoms with van der Waals surface area (Å²) in [4.78, 5) is 18.4. The highest BCUT2D eigenvalue weighted by Gasteiger charge is 2.25. The van der Waals surface area contributed by atoms with Crippen LogP contribution < -0.4 is 4.72 Å². The predicted molar refractivity (Wildman–Crippen MR) is 97.9 cm³/mol. The lowest BCUT2D eigenvalue weighted by Gasteiger charge is -2.32. The summed E-state index contributed by atoms with van der Waals surface area (Å²) in [5, 5.41) is 2.37. The van der Waals surface area contributed by atoms with Crippen molar-refractivity contribution in [3.05, 3.63) is 41.7 Å². The van der Waals surface area contributed by atoms with Crippen LogP contribution in [0.4, 0.5) is 0 Å². The normalized spacial score (nSPS) is 16.3. The third kappa shape index (κ3) is 4.35. The van der Waals surface area contributed by atoms with Crippen LogP contribution in [-0.4, -0.2) is 50.1 Å². The van der Waals surface area contributed by atoms with Crippen LogP contribution in [0.1, 0.15) is 30.0 Å². The molecule has 1 aromatic carbocycles. The highest BCUT2D eigenvalue weighted by atomic mass is 32.2. The van der Waals surface area contributed by atoms with Gasteiger partial charge in [0.2, 0.25) is 15.9 Å². The minimum Gasteiger partial charge on any atom is -0.342 e. The Kier molecular flexibility index (Phi) is 5.06. The molecule has 0 saturated carbocycles. The van der Waals surface area contributed by atoms with Gasteiger partial charge in [-0.05, 0) is 36.8 Å². The van der Waals surface area contributed by atoms with Crippen LogP contribution in [0, 0.1) is 6.92 Å². The number of aromatic nitrogens is 1. The first-order valence-corrected chi connectivity index (χ1v) is 10.3. The fraction of sp³-hybridized carbons (Fsp3) is 0.444. The number of benzene rings is 1. The molecule has 7 heteroatoms. The van der Waals surface area contributed by atoms with Crippen LogP contribution in [0.3, 0.4) is 0 Å². The number of carbonyl (C=O) groups is 1. The van der Waals surface area contributed by atoms with E-state index in [4.69, 9.17) is 0 Å². The molecule has 25 heavy (non-hydrogen) atoms. The zero-order chi connectivity index (χ0) is 18.0. The topological polar surface area (TPSA) is 79.4 Å². The second-order valence-electron chi connectivity index (χ2n) is 6.65. The van der Waals surface area contributed by atoms with Crippen LogP contribution in [0.25, 0.3) is 10.8 Å². The molecule has 1 aliphatic rings. The Morgan fingerprint density at radius 1 is 1.32 bits per heavy atom. The maximum absolute atomic E-state index is 12.1. The number of likely N-dealkylation sites (tertiary alicyclic amines) is 1. The minimum absolute atomic E-state index is 0.170. The number of fused-ring (bicyclic) bond motifs is 1. The first-order chi connectivity index (χ1) is 11.8. The smallest absolute Gasteiger partial charge is 0.237 e. The lowest BCUT2D eigenvalue weighted by atomic mass is 9.91. The average molecular weight is 361 g/mol. The van der Waals surface area contributed by atoms with Gasteiger partial charge in [-0.3, -0.25) is 9.78 Å². The Labute approximate surface area is 148 Å². The molecule has 1 amide bonds. The molecule has 1 N–H and O–H groups in total. The molecule has 1 saturated heterocycles. The molecule has 0 aliphatic carbocycles. The monoisotopic (exact) mass is 361 g/mol. The summed E-state index contributed by atoms with van der Waals surface area (Å²) in [6, 6.07) is 8.36. The molecule has 134 valence electrons. The Hall–Kier alpha value is -1.99. The van der Waals surface area contributed by atoms with Crippen molar-refractivity contribution in [3.63, 3.8) is 0 Å². The predicted octanol–water partition coefficient (Wildman–Crippen LogP) is 1.80. The Morgan fingerprint density at radius 3 is 2.72 bits per heavy atom. The first kappa shape index (κ1) is 17.8. The summed E-state index contributed by atoms with van der Waals surface area (Å²) in [6.45, 7) is 3.18. The molecule has 0 unspecified atom stereocenters. The number of piperidine rings is 1. The van der Waals surface area contributed by atoms with Gasteiger partial charge in [-0.2, -0.15) is 0 Å². The second-order valence-corrected chi connectivity index (χ2v) is 8.49. The van der Waals surface area contributed by atoms with E-state index < -0.39 is 10.0 Å². The SMILES string of the molecule is Cc1cccc2cnc(C3CCN(C(=O)CNS(C)(=O)=O)CC3)cc12. The van der Waals surface area contributed by atoms with Crippen molar-refractivity contribution >= 4 is 26.7 Å². The highest BCUT2D eigenvalue weighted by molar-refractivity contribution is 7.88. The minimum atomic E-state index is -3.34. The van der Waals surface area contributed by atoms with E-state index in [1.54, 1.807) is 4.90 Å². The summed E-state index contributed by atoms with van der Waals surface area (Å²) >= 11 is 0. The Bertz CT molecular complexity index is 888. The summed E-state index contributed by atoms with van der Waals surface area (Å²) in [6.07, 6.45) is 4.66. The number of carbonyl (C=O) groups excluding carboxylic acids is 1. The number of hydrogen-bond acceptors (Lipinski definition) is 4. The van der Waals surface area contributed by atoms with Crippen LogP contribution in [0.15, 0.2) is 30.5 Å². The molecule has 0 atom stereocenters. The summed E-state index contributed by atoms with van der Waals surface area (Å²) in [5.74, 6) is 0.155. The van der Waals surface area contributed by atoms with E-state index in [2.05, 4.69) is 34.8 Å². The maximum Gasteiger partial charge on any atom is 0.237 e. The van der Waals surface area contributed by atoms with E-state index in [1.165, 1.54) is 10.9 Å². The number of pyridine rings is 1. The molecule has 2 heterocycles. The number of nitrogens with one attached hydrogen (secondary N) is 1. The molecule has 0 bridgehead atoms. The van der Waals surface area contributed by atoms with Crippen LogP contribution in [-0.2, 0) is 14.8 Å². The number of aryl methyl sites for hydroxylation is 1. The van der Waals surface area contributed by atoms with Gasteiger partial charge in [0.05, 0.1) is 12.8 Å². The average Bonchev–Trinajstić information content (AvgIpc) is 2.59. The van der Waals surface area contributed by atoms with Gasteiger partial charge < -0.3 is 4.90 Å². The zero-order valence-corrected chi connectivity index (χ0v) is 15.3. The van der Waals surface area contributed by atoms with Crippen molar-refractivity contribution in [3.8, 4) is 0 Å². The number of sulfonamides is 1. The fourth-order valence-electron chi connectivity index (χ4n) is 3.29. The van der Waals surface area contributed by atoms with E-state index in [0.29, 0.717) is 19.0 Å². The van der Waals surface area contributed by atoms with Crippen molar-refractivity contribution in [1.29, 1.82) is 0 Å². The molecule has 0 spiro atoms. The number of amides is 1. The molecule has 1 aliphatic heterocycles. The Balaban J connectivity index is 1.64. The molecule has 1 aromatic heterocycles. The van der Waals surface area contributed by atoms with Crippen molar-refractivity contribution in [2.45, 2.75) is 25.7 Å². The standard InChI is InChI=1S/C18H23N3O3S/c1-13-4-3-5-15-11-19-17(10-16(13)15)14-6-8-21(9-7-14)18(22)12-20-25(2,23)24/h3-5,10-11,14,20H,6-9,12H2,1-2H3. The fourth-order valence-corrected chi connectivity index (χ4v) is 3.68. The molecule has 6 nitrogen and oxygen atoms in total. The van der Waals surface area contributed by atoms with Gasteiger partial charge in [0.25, 0.3) is 0 Å². The molecule has 1 fully saturated rings. The first-order valence-electron chi connectivity index (χ1n) is 8.41. The van der Waals surface area contributed by atoms with Crippen LogP contribution >= 0.6 is 0 Å². The third-order valence-corrected chi connectivity index (χ3v) is 5.42. The van der Waals surface area contributed by atoms with Gasteiger partial charge in [0, 0.05) is 36.3 Å². The van der Waals surface area contributed by atoms with Crippen molar-refractivity contribution in [2.75, 3.05) is 25.9 Å². The van der Waals surface area contributed by atoms with Gasteiger partial charge in [-0.15, -0.1) is 0 Å². The van der Waals surface area contributed by atoms with E-state index in [-0.39, 0.29) is 12.5 Å². The number of rotatable bonds is 4. The van der Waals surface area contributed by atoms with Crippen molar-refractivity contribution < 1.29 is 13.2 Å². The zero-order valence-electron chi connectivity index (χ0n) is 14.5. The van der Waals surface area contributed by atoms with E-state index in [0.717, 1.165) is 30.2 Å². The van der Waals surface area contributed by atoms with E-state index in [9.17, 15) is 13.2 Å². The highest BCUT2D eigenvalue weighted by Crippen LogP contribution is 2.29. The lowest BCUT2D eigenvalue weighted by molar-refractivity contribution is -0.130. The summed E-state index contributed by atoms with van der Waals surface area (Å²) < 4.78 is 24.5. The number of hydrogen-bond donors (Lipinski definition) is 1. The third-order valence-electron chi connectivity index (χ3n) is 4.75. The van der Waals surface area contributed by atoms with Crippen LogP contribution in [0.2, 0.25) is 0 Å². The van der Waals surface area contributed by atoms with Gasteiger partial charge in [0.1, 0.15) is 0 Å². The maximum atomic E-state index is 12.1. The van der Waals surface area contributed by atoms with Gasteiger partial charge in [-0.25, -0.2) is 13.1 Å². The van der Waals surface area contributed by atoms with Gasteiger partial charge in [0.15, 0.2) is 0 Å². The molecular weight excluding hydrogens is 338 g/mol. The molecule has 0 radical (unpaired) electrons. The Morgan fingerprint density at radius 2 is 2.04 bits per heavy atom. The van der Waals surface area contributed by atoms with Gasteiger partial charge in [-0.1, -0.05) is 18.2 Å². The van der Waals surface area contributed by atoms with Crippen LogP contribution in [0.5, 0.6) is 0 Å². The second kappa shape index (κ2) is 7.09. The quantitative estimate of drug-likeness (QED) is 0.901. The molecular formula is C18H23N3O3S. The van der Waals surface area contributed by atoms with E-state index in [1.807, 2.05) is 12.3 Å². The van der Waals surface area contributed by atoms with E-state index >= 15 is 0 Å². The van der Waals surface area contributed by atoms with Gasteiger partial charge >= 0.3 is 0 Å². The lowest BCUT2D eigenvalue weighted by Crippen LogP contribution is -2.43. The largest absolute Gasteiger partial charge is 0.342 e. The molecule has 2 aromatic rings. The summed E-state index contributed by atoms with van der Waals surface area (Å²) in [5.41, 5.74) is 2.31.